The molecule has 0 saturated carbocycles. The Morgan fingerprint density at radius 1 is 1.19 bits per heavy atom. The third-order valence-corrected chi connectivity index (χ3v) is 2.35. The van der Waals surface area contributed by atoms with Gasteiger partial charge < -0.3 is 10.0 Å². The predicted molar refractivity (Wildman–Crippen MR) is 65.3 cm³/mol. The zero-order valence-electron chi connectivity index (χ0n) is 10.5. The van der Waals surface area contributed by atoms with E-state index in [4.69, 9.17) is 5.11 Å². The van der Waals surface area contributed by atoms with Gasteiger partial charge in [0.1, 0.15) is 0 Å². The summed E-state index contributed by atoms with van der Waals surface area (Å²) in [4.78, 5) is 2.22. The number of aliphatic hydroxyl groups excluding tert-OH is 1. The van der Waals surface area contributed by atoms with Gasteiger partial charge in [-0.1, -0.05) is 13.8 Å². The van der Waals surface area contributed by atoms with Gasteiger partial charge in [0.2, 0.25) is 0 Å². The molecule has 0 aliphatic carbocycles. The molecule has 0 fully saturated rings. The highest BCUT2D eigenvalue weighted by Gasteiger charge is 2.13. The molecule has 0 aliphatic heterocycles. The fraction of sp³-hybridized carbons (Fsp3) is 0.667. The van der Waals surface area contributed by atoms with Crippen molar-refractivity contribution in [3.8, 4) is 0 Å². The highest BCUT2D eigenvalue weighted by molar-refractivity contribution is 5.38. The Hall–Kier alpha value is -1.16. The van der Waals surface area contributed by atoms with E-state index in [0.29, 0.717) is 17.7 Å². The normalized spacial score (nSPS) is 11.2. The summed E-state index contributed by atoms with van der Waals surface area (Å²) in [6.07, 6.45) is 0. The van der Waals surface area contributed by atoms with Crippen molar-refractivity contribution in [3.63, 3.8) is 0 Å². The molecule has 1 N–H and O–H groups in total. The summed E-state index contributed by atoms with van der Waals surface area (Å²) in [6.45, 7) is 9.56. The van der Waals surface area contributed by atoms with Crippen LogP contribution in [0.2, 0.25) is 0 Å². The van der Waals surface area contributed by atoms with Crippen LogP contribution in [0.4, 0.5) is 5.82 Å². The van der Waals surface area contributed by atoms with E-state index in [9.17, 15) is 0 Å². The van der Waals surface area contributed by atoms with Crippen molar-refractivity contribution >= 4 is 5.82 Å². The Balaban J connectivity index is 2.84. The predicted octanol–water partition coefficient (Wildman–Crippen LogP) is 1.84. The Morgan fingerprint density at radius 2 is 1.88 bits per heavy atom. The van der Waals surface area contributed by atoms with Gasteiger partial charge >= 0.3 is 0 Å². The number of anilines is 1. The Kier molecular flexibility index (Phi) is 4.68. The molecule has 0 saturated heterocycles. The van der Waals surface area contributed by atoms with E-state index >= 15 is 0 Å². The molecule has 0 bridgehead atoms. The monoisotopic (exact) mass is 223 g/mol. The van der Waals surface area contributed by atoms with Crippen LogP contribution in [0.1, 0.15) is 33.4 Å². The maximum absolute atomic E-state index is 8.91. The zero-order valence-corrected chi connectivity index (χ0v) is 10.5. The number of nitrogens with zero attached hydrogens (tertiary/aromatic N) is 3. The SMILES string of the molecule is CC(C)CN(c1ccc(CO)nn1)C(C)C. The minimum atomic E-state index is -0.0564. The molecule has 0 aliphatic rings. The van der Waals surface area contributed by atoms with Crippen molar-refractivity contribution in [2.45, 2.75) is 40.3 Å². The maximum atomic E-state index is 8.91. The number of rotatable bonds is 5. The van der Waals surface area contributed by atoms with Crippen LogP contribution < -0.4 is 4.90 Å². The summed E-state index contributed by atoms with van der Waals surface area (Å²) in [6, 6.07) is 4.13. The minimum absolute atomic E-state index is 0.0564. The van der Waals surface area contributed by atoms with E-state index in [2.05, 4.69) is 42.8 Å². The first kappa shape index (κ1) is 12.9. The second kappa shape index (κ2) is 5.80. The first-order valence-electron chi connectivity index (χ1n) is 5.74. The van der Waals surface area contributed by atoms with E-state index in [1.165, 1.54) is 0 Å². The van der Waals surface area contributed by atoms with Gasteiger partial charge in [-0.05, 0) is 31.9 Å². The van der Waals surface area contributed by atoms with Crippen LogP contribution in [0, 0.1) is 5.92 Å². The van der Waals surface area contributed by atoms with Crippen molar-refractivity contribution in [2.75, 3.05) is 11.4 Å². The molecule has 0 aromatic carbocycles. The second-order valence-electron chi connectivity index (χ2n) is 4.68. The molecule has 0 spiro atoms. The molecule has 16 heavy (non-hydrogen) atoms. The van der Waals surface area contributed by atoms with E-state index in [-0.39, 0.29) is 6.61 Å². The van der Waals surface area contributed by atoms with E-state index in [1.807, 2.05) is 12.1 Å². The van der Waals surface area contributed by atoms with Gasteiger partial charge in [-0.15, -0.1) is 5.10 Å². The number of hydrogen-bond acceptors (Lipinski definition) is 4. The van der Waals surface area contributed by atoms with Gasteiger partial charge in [-0.25, -0.2) is 0 Å². The fourth-order valence-electron chi connectivity index (χ4n) is 1.55. The van der Waals surface area contributed by atoms with E-state index < -0.39 is 0 Å². The summed E-state index contributed by atoms with van der Waals surface area (Å²) in [5.41, 5.74) is 0.608. The number of aliphatic hydroxyl groups is 1. The summed E-state index contributed by atoms with van der Waals surface area (Å²) in [5.74, 6) is 1.46. The molecular formula is C12H21N3O. The number of aromatic nitrogens is 2. The second-order valence-corrected chi connectivity index (χ2v) is 4.68. The third-order valence-electron chi connectivity index (χ3n) is 2.35. The third kappa shape index (κ3) is 3.45. The molecule has 90 valence electrons. The van der Waals surface area contributed by atoms with E-state index in [1.54, 1.807) is 0 Å². The van der Waals surface area contributed by atoms with Crippen LogP contribution in [-0.4, -0.2) is 27.9 Å². The summed E-state index contributed by atoms with van der Waals surface area (Å²) in [5, 5.41) is 17.0. The van der Waals surface area contributed by atoms with Crippen molar-refractivity contribution in [3.05, 3.63) is 17.8 Å². The van der Waals surface area contributed by atoms with Gasteiger partial charge in [-0.3, -0.25) is 0 Å². The number of hydrogen-bond donors (Lipinski definition) is 1. The zero-order chi connectivity index (χ0) is 12.1. The molecular weight excluding hydrogens is 202 g/mol. The van der Waals surface area contributed by atoms with Gasteiger partial charge in [0.05, 0.1) is 12.3 Å². The first-order chi connectivity index (χ1) is 7.54. The highest BCUT2D eigenvalue weighted by Crippen LogP contribution is 2.15. The van der Waals surface area contributed by atoms with Crippen LogP contribution in [0.25, 0.3) is 0 Å². The Morgan fingerprint density at radius 3 is 2.25 bits per heavy atom. The summed E-state index contributed by atoms with van der Waals surface area (Å²) < 4.78 is 0. The average molecular weight is 223 g/mol. The lowest BCUT2D eigenvalue weighted by molar-refractivity contribution is 0.275. The quantitative estimate of drug-likeness (QED) is 0.827. The fourth-order valence-corrected chi connectivity index (χ4v) is 1.55. The van der Waals surface area contributed by atoms with E-state index in [0.717, 1.165) is 12.4 Å². The van der Waals surface area contributed by atoms with Crippen LogP contribution >= 0.6 is 0 Å². The molecule has 1 rings (SSSR count). The molecule has 0 unspecified atom stereocenters. The molecule has 1 aromatic heterocycles. The lowest BCUT2D eigenvalue weighted by Crippen LogP contribution is -2.35. The van der Waals surface area contributed by atoms with Gasteiger partial charge in [0.25, 0.3) is 0 Å². The van der Waals surface area contributed by atoms with Crippen molar-refractivity contribution in [2.24, 2.45) is 5.92 Å². The standard InChI is InChI=1S/C12H21N3O/c1-9(2)7-15(10(3)4)12-6-5-11(8-16)13-14-12/h5-6,9-10,16H,7-8H2,1-4H3. The summed E-state index contributed by atoms with van der Waals surface area (Å²) in [7, 11) is 0. The van der Waals surface area contributed by atoms with Gasteiger partial charge in [0, 0.05) is 12.6 Å². The topological polar surface area (TPSA) is 49.2 Å². The van der Waals surface area contributed by atoms with Crippen LogP contribution in [0.15, 0.2) is 12.1 Å². The van der Waals surface area contributed by atoms with Crippen LogP contribution in [-0.2, 0) is 6.61 Å². The summed E-state index contributed by atoms with van der Waals surface area (Å²) >= 11 is 0. The molecule has 1 heterocycles. The average Bonchev–Trinajstić information content (AvgIpc) is 2.25. The minimum Gasteiger partial charge on any atom is -0.390 e. The van der Waals surface area contributed by atoms with Gasteiger partial charge in [0.15, 0.2) is 5.82 Å². The van der Waals surface area contributed by atoms with Crippen LogP contribution in [0.3, 0.4) is 0 Å². The van der Waals surface area contributed by atoms with Crippen molar-refractivity contribution < 1.29 is 5.11 Å². The smallest absolute Gasteiger partial charge is 0.151 e. The Labute approximate surface area is 97.3 Å². The molecule has 4 heteroatoms. The largest absolute Gasteiger partial charge is 0.390 e. The lowest BCUT2D eigenvalue weighted by Gasteiger charge is -2.29. The molecule has 0 amide bonds. The molecule has 0 atom stereocenters. The first-order valence-corrected chi connectivity index (χ1v) is 5.74. The molecule has 4 nitrogen and oxygen atoms in total. The van der Waals surface area contributed by atoms with Crippen molar-refractivity contribution in [1.29, 1.82) is 0 Å². The Bertz CT molecular complexity index is 309. The molecule has 0 radical (unpaired) electrons. The molecule has 1 aromatic rings. The van der Waals surface area contributed by atoms with Gasteiger partial charge in [-0.2, -0.15) is 5.10 Å². The maximum Gasteiger partial charge on any atom is 0.151 e. The van der Waals surface area contributed by atoms with Crippen molar-refractivity contribution in [1.82, 2.24) is 10.2 Å². The highest BCUT2D eigenvalue weighted by atomic mass is 16.3. The lowest BCUT2D eigenvalue weighted by atomic mass is 10.2. The van der Waals surface area contributed by atoms with Crippen LogP contribution in [0.5, 0.6) is 0 Å².